The molecule has 1 radical (unpaired) electrons. The van der Waals surface area contributed by atoms with E-state index in [-0.39, 0.29) is 0 Å². The summed E-state index contributed by atoms with van der Waals surface area (Å²) in [5.41, 5.74) is 1.51. The van der Waals surface area contributed by atoms with Gasteiger partial charge in [0.15, 0.2) is 0 Å². The summed E-state index contributed by atoms with van der Waals surface area (Å²) in [5.74, 6) is 0. The lowest BCUT2D eigenvalue weighted by atomic mass is 10.0. The molecule has 0 heterocycles. The Morgan fingerprint density at radius 3 is 2.50 bits per heavy atom. The molecular weight excluding hydrogens is 140 g/mol. The van der Waals surface area contributed by atoms with E-state index in [1.165, 1.54) is 12.0 Å². The van der Waals surface area contributed by atoms with E-state index in [0.29, 0.717) is 0 Å². The fourth-order valence-electron chi connectivity index (χ4n) is 0.384. The first-order chi connectivity index (χ1) is 2.93. The number of rotatable bonds is 1. The van der Waals surface area contributed by atoms with Crippen LogP contribution in [0.15, 0.2) is 11.6 Å². The molecule has 1 rings (SSSR count). The molecule has 33 valence electrons. The van der Waals surface area contributed by atoms with Crippen molar-refractivity contribution in [1.82, 2.24) is 0 Å². The van der Waals surface area contributed by atoms with Crippen molar-refractivity contribution in [2.24, 2.45) is 0 Å². The summed E-state index contributed by atoms with van der Waals surface area (Å²) in [4.78, 5) is 0. The molecule has 0 N–H and O–H groups in total. The van der Waals surface area contributed by atoms with Crippen LogP contribution in [0.1, 0.15) is 6.42 Å². The van der Waals surface area contributed by atoms with Crippen LogP contribution in [-0.2, 0) is 0 Å². The zero-order valence-electron chi connectivity index (χ0n) is 3.45. The van der Waals surface area contributed by atoms with E-state index in [4.69, 9.17) is 0 Å². The van der Waals surface area contributed by atoms with Gasteiger partial charge in [0.25, 0.3) is 0 Å². The molecular formula is C5H6Br. The number of alkyl halides is 1. The van der Waals surface area contributed by atoms with Crippen molar-refractivity contribution in [3.05, 3.63) is 18.1 Å². The van der Waals surface area contributed by atoms with Crippen LogP contribution in [0.4, 0.5) is 0 Å². The van der Waals surface area contributed by atoms with Crippen molar-refractivity contribution in [2.75, 3.05) is 5.33 Å². The first kappa shape index (κ1) is 4.38. The molecule has 0 spiro atoms. The lowest BCUT2D eigenvalue weighted by molar-refractivity contribution is 1.07. The van der Waals surface area contributed by atoms with E-state index >= 15 is 0 Å². The SMILES string of the molecule is BrCC1=C[CH]C1. The maximum absolute atomic E-state index is 3.34. The summed E-state index contributed by atoms with van der Waals surface area (Å²) in [5, 5.41) is 1.06. The molecule has 0 aromatic rings. The van der Waals surface area contributed by atoms with Crippen molar-refractivity contribution >= 4 is 15.9 Å². The topological polar surface area (TPSA) is 0 Å². The largest absolute Gasteiger partial charge is 0.0880 e. The van der Waals surface area contributed by atoms with Crippen molar-refractivity contribution in [2.45, 2.75) is 6.42 Å². The Bertz CT molecular complexity index is 74.0. The van der Waals surface area contributed by atoms with Gasteiger partial charge in [0, 0.05) is 5.33 Å². The van der Waals surface area contributed by atoms with Crippen LogP contribution in [0.5, 0.6) is 0 Å². The molecule has 0 saturated heterocycles. The average Bonchev–Trinajstić information content (AvgIpc) is 1.31. The Labute approximate surface area is 46.4 Å². The van der Waals surface area contributed by atoms with Gasteiger partial charge in [0.05, 0.1) is 0 Å². The normalized spacial score (nSPS) is 19.2. The first-order valence-electron chi connectivity index (χ1n) is 2.00. The molecule has 0 aromatic carbocycles. The fraction of sp³-hybridized carbons (Fsp3) is 0.400. The molecule has 0 unspecified atom stereocenters. The second-order valence-electron chi connectivity index (χ2n) is 1.40. The van der Waals surface area contributed by atoms with Crippen molar-refractivity contribution in [3.8, 4) is 0 Å². The van der Waals surface area contributed by atoms with Crippen molar-refractivity contribution in [3.63, 3.8) is 0 Å². The van der Waals surface area contributed by atoms with E-state index in [0.717, 1.165) is 5.33 Å². The van der Waals surface area contributed by atoms with E-state index in [1.807, 2.05) is 0 Å². The smallest absolute Gasteiger partial charge is 0.0242 e. The standard InChI is InChI=1S/C5H6Br/c6-4-5-2-1-3-5/h1-2H,3-4H2. The number of hydrogen-bond donors (Lipinski definition) is 0. The quantitative estimate of drug-likeness (QED) is 0.495. The molecule has 0 nitrogen and oxygen atoms in total. The van der Waals surface area contributed by atoms with Gasteiger partial charge < -0.3 is 0 Å². The van der Waals surface area contributed by atoms with Crippen LogP contribution < -0.4 is 0 Å². The van der Waals surface area contributed by atoms with E-state index in [9.17, 15) is 0 Å². The Morgan fingerprint density at radius 1 is 1.83 bits per heavy atom. The summed E-state index contributed by atoms with van der Waals surface area (Å²) < 4.78 is 0. The van der Waals surface area contributed by atoms with Gasteiger partial charge in [0.1, 0.15) is 0 Å². The number of hydrogen-bond acceptors (Lipinski definition) is 0. The zero-order valence-corrected chi connectivity index (χ0v) is 5.03. The van der Waals surface area contributed by atoms with Crippen LogP contribution in [0.3, 0.4) is 0 Å². The molecule has 0 bridgehead atoms. The highest BCUT2D eigenvalue weighted by Crippen LogP contribution is 2.17. The van der Waals surface area contributed by atoms with Gasteiger partial charge in [-0.2, -0.15) is 0 Å². The van der Waals surface area contributed by atoms with Crippen LogP contribution in [0.2, 0.25) is 0 Å². The predicted octanol–water partition coefficient (Wildman–Crippen LogP) is 1.92. The minimum Gasteiger partial charge on any atom is -0.0880 e. The maximum Gasteiger partial charge on any atom is 0.0242 e. The highest BCUT2D eigenvalue weighted by Gasteiger charge is 2.01. The Balaban J connectivity index is 2.32. The second kappa shape index (κ2) is 1.78. The van der Waals surface area contributed by atoms with Crippen molar-refractivity contribution < 1.29 is 0 Å². The molecule has 6 heavy (non-hydrogen) atoms. The average molecular weight is 146 g/mol. The maximum atomic E-state index is 3.34. The Kier molecular flexibility index (Phi) is 1.30. The Morgan fingerprint density at radius 2 is 2.50 bits per heavy atom. The highest BCUT2D eigenvalue weighted by molar-refractivity contribution is 9.09. The van der Waals surface area contributed by atoms with Gasteiger partial charge in [0.2, 0.25) is 0 Å². The second-order valence-corrected chi connectivity index (χ2v) is 1.96. The summed E-state index contributed by atoms with van der Waals surface area (Å²) in [6.45, 7) is 0. The van der Waals surface area contributed by atoms with Gasteiger partial charge in [-0.1, -0.05) is 27.6 Å². The summed E-state index contributed by atoms with van der Waals surface area (Å²) in [6, 6.07) is 0. The van der Waals surface area contributed by atoms with Crippen LogP contribution in [-0.4, -0.2) is 5.33 Å². The minimum atomic E-state index is 1.06. The van der Waals surface area contributed by atoms with E-state index < -0.39 is 0 Å². The molecule has 0 atom stereocenters. The highest BCUT2D eigenvalue weighted by atomic mass is 79.9. The Hall–Kier alpha value is 0.220. The number of halogens is 1. The molecule has 0 saturated carbocycles. The molecule has 0 fully saturated rings. The molecule has 0 aliphatic heterocycles. The third-order valence-electron chi connectivity index (χ3n) is 0.905. The summed E-state index contributed by atoms with van der Waals surface area (Å²) >= 11 is 3.34. The van der Waals surface area contributed by atoms with Gasteiger partial charge in [-0.3, -0.25) is 0 Å². The third kappa shape index (κ3) is 0.648. The zero-order chi connectivity index (χ0) is 4.41. The first-order valence-corrected chi connectivity index (χ1v) is 3.13. The summed E-state index contributed by atoms with van der Waals surface area (Å²) in [7, 11) is 0. The van der Waals surface area contributed by atoms with Crippen molar-refractivity contribution in [1.29, 1.82) is 0 Å². The molecule has 1 heteroatoms. The lowest BCUT2D eigenvalue weighted by Crippen LogP contribution is -1.93. The molecule has 0 aromatic heterocycles. The molecule has 0 amide bonds. The summed E-state index contributed by atoms with van der Waals surface area (Å²) in [6.07, 6.45) is 5.51. The van der Waals surface area contributed by atoms with Crippen LogP contribution >= 0.6 is 15.9 Å². The van der Waals surface area contributed by atoms with Crippen LogP contribution in [0.25, 0.3) is 0 Å². The van der Waals surface area contributed by atoms with Gasteiger partial charge in [-0.25, -0.2) is 0 Å². The van der Waals surface area contributed by atoms with E-state index in [2.05, 4.69) is 28.4 Å². The third-order valence-corrected chi connectivity index (χ3v) is 1.63. The van der Waals surface area contributed by atoms with E-state index in [1.54, 1.807) is 0 Å². The molecule has 1 aliphatic rings. The van der Waals surface area contributed by atoms with Gasteiger partial charge in [-0.15, -0.1) is 0 Å². The lowest BCUT2D eigenvalue weighted by Gasteiger charge is -2.08. The van der Waals surface area contributed by atoms with Gasteiger partial charge in [-0.05, 0) is 12.8 Å². The fourth-order valence-corrected chi connectivity index (χ4v) is 0.799. The molecule has 1 aliphatic carbocycles. The van der Waals surface area contributed by atoms with Gasteiger partial charge >= 0.3 is 0 Å². The van der Waals surface area contributed by atoms with Crippen LogP contribution in [0, 0.1) is 6.42 Å². The monoisotopic (exact) mass is 145 g/mol. The predicted molar refractivity (Wildman–Crippen MR) is 30.8 cm³/mol. The number of allylic oxidation sites excluding steroid dienone is 2. The minimum absolute atomic E-state index is 1.06.